The van der Waals surface area contributed by atoms with E-state index in [2.05, 4.69) is 12.1 Å². The highest BCUT2D eigenvalue weighted by Crippen LogP contribution is 2.26. The van der Waals surface area contributed by atoms with Crippen molar-refractivity contribution < 1.29 is 9.53 Å². The summed E-state index contributed by atoms with van der Waals surface area (Å²) in [7, 11) is 1.80. The second kappa shape index (κ2) is 7.92. The molecule has 2 aromatic rings. The fraction of sp³-hybridized carbons (Fsp3) is 0.381. The van der Waals surface area contributed by atoms with Crippen LogP contribution in [0, 0.1) is 0 Å². The zero-order valence-electron chi connectivity index (χ0n) is 14.8. The van der Waals surface area contributed by atoms with Gasteiger partial charge in [-0.15, -0.1) is 0 Å². The van der Waals surface area contributed by atoms with Crippen LogP contribution >= 0.6 is 11.6 Å². The van der Waals surface area contributed by atoms with Crippen LogP contribution in [0.15, 0.2) is 42.5 Å². The maximum Gasteiger partial charge on any atom is 0.263 e. The lowest BCUT2D eigenvalue weighted by Gasteiger charge is -2.23. The summed E-state index contributed by atoms with van der Waals surface area (Å²) in [5.41, 5.74) is 3.82. The van der Waals surface area contributed by atoms with E-state index < -0.39 is 6.10 Å². The van der Waals surface area contributed by atoms with Gasteiger partial charge in [0.15, 0.2) is 6.10 Å². The molecule has 25 heavy (non-hydrogen) atoms. The number of hydrogen-bond donors (Lipinski definition) is 0. The summed E-state index contributed by atoms with van der Waals surface area (Å²) in [5, 5.41) is 0.696. The minimum atomic E-state index is -0.515. The highest BCUT2D eigenvalue weighted by atomic mass is 35.5. The molecular weight excluding hydrogens is 334 g/mol. The zero-order valence-corrected chi connectivity index (χ0v) is 15.6. The summed E-state index contributed by atoms with van der Waals surface area (Å²) < 4.78 is 5.91. The van der Waals surface area contributed by atoms with Crippen LogP contribution in [0.4, 0.5) is 0 Å². The van der Waals surface area contributed by atoms with E-state index in [4.69, 9.17) is 16.3 Å². The summed E-state index contributed by atoms with van der Waals surface area (Å²) in [6, 6.07) is 13.7. The van der Waals surface area contributed by atoms with Crippen LogP contribution < -0.4 is 4.74 Å². The Hall–Kier alpha value is -2.00. The number of hydrogen-bond acceptors (Lipinski definition) is 2. The second-order valence-corrected chi connectivity index (χ2v) is 7.15. The van der Waals surface area contributed by atoms with E-state index in [1.807, 2.05) is 30.3 Å². The number of carbonyl (C=O) groups excluding carboxylic acids is 1. The average molecular weight is 358 g/mol. The molecule has 2 aromatic carbocycles. The molecule has 0 fully saturated rings. The van der Waals surface area contributed by atoms with Crippen molar-refractivity contribution in [2.45, 2.75) is 45.3 Å². The molecule has 0 aliphatic heterocycles. The molecule has 1 aliphatic rings. The summed E-state index contributed by atoms with van der Waals surface area (Å²) in [4.78, 5) is 14.3. The van der Waals surface area contributed by atoms with Crippen molar-refractivity contribution in [3.63, 3.8) is 0 Å². The lowest BCUT2D eigenvalue weighted by molar-refractivity contribution is -0.137. The molecule has 3 rings (SSSR count). The lowest BCUT2D eigenvalue weighted by Crippen LogP contribution is -2.37. The molecule has 1 aliphatic carbocycles. The van der Waals surface area contributed by atoms with E-state index in [9.17, 15) is 4.79 Å². The fourth-order valence-corrected chi connectivity index (χ4v) is 3.42. The number of fused-ring (bicyclic) bond motifs is 1. The molecule has 1 amide bonds. The van der Waals surface area contributed by atoms with Gasteiger partial charge in [0.1, 0.15) is 5.75 Å². The van der Waals surface area contributed by atoms with Crippen LogP contribution in [-0.2, 0) is 24.2 Å². The Bertz CT molecular complexity index is 742. The Morgan fingerprint density at radius 3 is 2.52 bits per heavy atom. The average Bonchev–Trinajstić information content (AvgIpc) is 2.62. The summed E-state index contributed by atoms with van der Waals surface area (Å²) >= 11 is 5.90. The lowest BCUT2D eigenvalue weighted by atomic mass is 9.92. The van der Waals surface area contributed by atoms with Crippen molar-refractivity contribution in [1.29, 1.82) is 0 Å². The SMILES string of the molecule is C[C@@H](Oc1ccc2c(c1)CCCC2)C(=O)N(C)Cc1ccc(Cl)cc1. The number of halogens is 1. The first kappa shape index (κ1) is 17.8. The van der Waals surface area contributed by atoms with Crippen LogP contribution in [0.2, 0.25) is 5.02 Å². The van der Waals surface area contributed by atoms with Gasteiger partial charge < -0.3 is 9.64 Å². The first-order chi connectivity index (χ1) is 12.0. The van der Waals surface area contributed by atoms with E-state index in [-0.39, 0.29) is 5.91 Å². The summed E-state index contributed by atoms with van der Waals surface area (Å²) in [6.07, 6.45) is 4.23. The quantitative estimate of drug-likeness (QED) is 0.779. The largest absolute Gasteiger partial charge is 0.481 e. The third-order valence-electron chi connectivity index (χ3n) is 4.69. The topological polar surface area (TPSA) is 29.5 Å². The Morgan fingerprint density at radius 2 is 1.80 bits per heavy atom. The van der Waals surface area contributed by atoms with E-state index in [1.165, 1.54) is 24.0 Å². The van der Waals surface area contributed by atoms with Crippen molar-refractivity contribution in [2.75, 3.05) is 7.05 Å². The number of rotatable bonds is 5. The smallest absolute Gasteiger partial charge is 0.263 e. The fourth-order valence-electron chi connectivity index (χ4n) is 3.29. The first-order valence-corrected chi connectivity index (χ1v) is 9.18. The molecule has 0 spiro atoms. The molecule has 0 aromatic heterocycles. The Kier molecular flexibility index (Phi) is 5.64. The van der Waals surface area contributed by atoms with Crippen molar-refractivity contribution in [1.82, 2.24) is 4.90 Å². The maximum atomic E-state index is 12.6. The monoisotopic (exact) mass is 357 g/mol. The number of nitrogens with zero attached hydrogens (tertiary/aromatic N) is 1. The summed E-state index contributed by atoms with van der Waals surface area (Å²) in [6.45, 7) is 2.34. The molecule has 0 bridgehead atoms. The van der Waals surface area contributed by atoms with Gasteiger partial charge in [0.25, 0.3) is 5.91 Å². The Labute approximate surface area is 154 Å². The van der Waals surface area contributed by atoms with Gasteiger partial charge in [0, 0.05) is 18.6 Å². The van der Waals surface area contributed by atoms with Crippen LogP contribution in [0.5, 0.6) is 5.75 Å². The molecule has 0 unspecified atom stereocenters. The number of aryl methyl sites for hydroxylation is 2. The molecule has 0 saturated heterocycles. The molecule has 3 nitrogen and oxygen atoms in total. The van der Waals surface area contributed by atoms with Gasteiger partial charge in [0.05, 0.1) is 0 Å². The minimum absolute atomic E-state index is 0.0346. The molecular formula is C21H24ClNO2. The van der Waals surface area contributed by atoms with Crippen LogP contribution in [0.25, 0.3) is 0 Å². The second-order valence-electron chi connectivity index (χ2n) is 6.72. The van der Waals surface area contributed by atoms with Crippen LogP contribution in [-0.4, -0.2) is 24.0 Å². The predicted octanol–water partition coefficient (Wildman–Crippen LogP) is 4.64. The third-order valence-corrected chi connectivity index (χ3v) is 4.94. The van der Waals surface area contributed by atoms with E-state index in [0.29, 0.717) is 11.6 Å². The molecule has 0 radical (unpaired) electrons. The van der Waals surface area contributed by atoms with Crippen molar-refractivity contribution in [3.8, 4) is 5.75 Å². The maximum absolute atomic E-state index is 12.6. The normalized spacial score (nSPS) is 14.5. The van der Waals surface area contributed by atoms with Gasteiger partial charge in [-0.3, -0.25) is 4.79 Å². The van der Waals surface area contributed by atoms with Crippen molar-refractivity contribution in [3.05, 3.63) is 64.2 Å². The number of carbonyl (C=O) groups is 1. The van der Waals surface area contributed by atoms with Crippen LogP contribution in [0.1, 0.15) is 36.5 Å². The van der Waals surface area contributed by atoms with Gasteiger partial charge >= 0.3 is 0 Å². The highest BCUT2D eigenvalue weighted by Gasteiger charge is 2.20. The number of likely N-dealkylation sites (N-methyl/N-ethyl adjacent to an activating group) is 1. The van der Waals surface area contributed by atoms with Gasteiger partial charge in [-0.05, 0) is 73.6 Å². The third kappa shape index (κ3) is 4.55. The summed E-state index contributed by atoms with van der Waals surface area (Å²) in [5.74, 6) is 0.745. The van der Waals surface area contributed by atoms with Crippen molar-refractivity contribution in [2.24, 2.45) is 0 Å². The molecule has 0 saturated carbocycles. The first-order valence-electron chi connectivity index (χ1n) is 8.81. The van der Waals surface area contributed by atoms with E-state index in [0.717, 1.165) is 24.2 Å². The highest BCUT2D eigenvalue weighted by molar-refractivity contribution is 6.30. The van der Waals surface area contributed by atoms with Gasteiger partial charge in [-0.2, -0.15) is 0 Å². The van der Waals surface area contributed by atoms with Gasteiger partial charge in [-0.1, -0.05) is 29.8 Å². The van der Waals surface area contributed by atoms with Crippen molar-refractivity contribution >= 4 is 17.5 Å². The van der Waals surface area contributed by atoms with Gasteiger partial charge in [0.2, 0.25) is 0 Å². The number of benzene rings is 2. The molecule has 4 heteroatoms. The molecule has 132 valence electrons. The minimum Gasteiger partial charge on any atom is -0.481 e. The predicted molar refractivity (Wildman–Crippen MR) is 101 cm³/mol. The Morgan fingerprint density at radius 1 is 1.12 bits per heavy atom. The molecule has 1 atom stereocenters. The van der Waals surface area contributed by atoms with E-state index in [1.54, 1.807) is 18.9 Å². The standard InChI is InChI=1S/C21H24ClNO2/c1-15(21(24)23(2)14-16-7-10-19(22)11-8-16)25-20-12-9-17-5-3-4-6-18(17)13-20/h7-13,15H,3-6,14H2,1-2H3/t15-/m1/s1. The Balaban J connectivity index is 1.60. The van der Waals surface area contributed by atoms with Crippen LogP contribution in [0.3, 0.4) is 0 Å². The number of ether oxygens (including phenoxy) is 1. The molecule has 0 N–H and O–H groups in total. The molecule has 0 heterocycles. The van der Waals surface area contributed by atoms with Gasteiger partial charge in [-0.25, -0.2) is 0 Å². The van der Waals surface area contributed by atoms with E-state index >= 15 is 0 Å². The zero-order chi connectivity index (χ0) is 17.8. The number of amides is 1.